The number of carbonyl (C=O) groups excluding carboxylic acids is 3. The molecule has 2 aliphatic heterocycles. The Kier molecular flexibility index (Phi) is 5.77. The highest BCUT2D eigenvalue weighted by Gasteiger charge is 2.44. The van der Waals surface area contributed by atoms with Crippen molar-refractivity contribution in [1.29, 1.82) is 0 Å². The summed E-state index contributed by atoms with van der Waals surface area (Å²) in [7, 11) is 0. The molecule has 0 aromatic heterocycles. The van der Waals surface area contributed by atoms with Gasteiger partial charge < -0.3 is 4.90 Å². The number of Topliss-reactive ketones (excluding diaryl/α,β-unsaturated/α-hetero) is 1. The van der Waals surface area contributed by atoms with Crippen molar-refractivity contribution in [3.63, 3.8) is 0 Å². The van der Waals surface area contributed by atoms with E-state index >= 15 is 0 Å². The van der Waals surface area contributed by atoms with Gasteiger partial charge in [0.25, 0.3) is 5.91 Å². The number of amides is 2. The second kappa shape index (κ2) is 8.38. The first kappa shape index (κ1) is 22.0. The molecule has 0 aliphatic carbocycles. The fraction of sp³-hybridized carbons (Fsp3) is 0.348. The van der Waals surface area contributed by atoms with Gasteiger partial charge in [-0.3, -0.25) is 19.3 Å². The Balaban J connectivity index is 1.43. The van der Waals surface area contributed by atoms with Crippen molar-refractivity contribution in [2.75, 3.05) is 36.0 Å². The molecule has 2 aliphatic rings. The predicted octanol–water partition coefficient (Wildman–Crippen LogP) is 3.36. The molecule has 0 unspecified atom stereocenters. The molecule has 2 aromatic rings. The molecule has 168 valence electrons. The highest BCUT2D eigenvalue weighted by Crippen LogP contribution is 2.34. The molecule has 2 saturated heterocycles. The smallest absolute Gasteiger partial charge is 0.369 e. The number of nitrogens with zero attached hydrogens (tertiary/aromatic N) is 3. The average Bonchev–Trinajstić information content (AvgIpc) is 3.07. The lowest BCUT2D eigenvalue weighted by molar-refractivity contribution is -0.137. The molecule has 1 atom stereocenters. The summed E-state index contributed by atoms with van der Waals surface area (Å²) in [6.45, 7) is 3.83. The van der Waals surface area contributed by atoms with E-state index in [0.29, 0.717) is 31.7 Å². The molecule has 2 amide bonds. The van der Waals surface area contributed by atoms with Crippen LogP contribution in [0.5, 0.6) is 0 Å². The number of hydrogen-bond acceptors (Lipinski definition) is 5. The molecule has 2 fully saturated rings. The first-order chi connectivity index (χ1) is 15.1. The third kappa shape index (κ3) is 4.25. The third-order valence-electron chi connectivity index (χ3n) is 5.95. The minimum absolute atomic E-state index is 0.00360. The van der Waals surface area contributed by atoms with E-state index in [-0.39, 0.29) is 17.9 Å². The minimum Gasteiger partial charge on any atom is -0.369 e. The first-order valence-corrected chi connectivity index (χ1v) is 10.3. The standard InChI is InChI=1S/C23H22F3N3O3/c1-15(30)16-5-7-18(8-6-16)27-9-11-28(12-10-27)20-14-21(31)29(22(20)32)19-4-2-3-17(13-19)23(24,25)26/h2-8,13,20H,9-12,14H2,1H3/t20-/m0/s1. The van der Waals surface area contributed by atoms with E-state index in [9.17, 15) is 27.6 Å². The van der Waals surface area contributed by atoms with Crippen LogP contribution in [0.1, 0.15) is 29.3 Å². The van der Waals surface area contributed by atoms with Crippen LogP contribution in [0.4, 0.5) is 24.5 Å². The molecule has 0 saturated carbocycles. The van der Waals surface area contributed by atoms with E-state index in [1.165, 1.54) is 19.1 Å². The van der Waals surface area contributed by atoms with Crippen LogP contribution in [0.3, 0.4) is 0 Å². The van der Waals surface area contributed by atoms with E-state index in [1.54, 1.807) is 12.1 Å². The van der Waals surface area contributed by atoms with Gasteiger partial charge in [0.2, 0.25) is 5.91 Å². The molecule has 4 rings (SSSR count). The van der Waals surface area contributed by atoms with Gasteiger partial charge in [0.1, 0.15) is 0 Å². The Bertz CT molecular complexity index is 1040. The minimum atomic E-state index is -4.56. The Labute approximate surface area is 183 Å². The van der Waals surface area contributed by atoms with Crippen LogP contribution in [0.2, 0.25) is 0 Å². The molecule has 6 nitrogen and oxygen atoms in total. The number of halogens is 3. The monoisotopic (exact) mass is 445 g/mol. The molecular weight excluding hydrogens is 423 g/mol. The molecule has 32 heavy (non-hydrogen) atoms. The highest BCUT2D eigenvalue weighted by molar-refractivity contribution is 6.22. The van der Waals surface area contributed by atoms with E-state index in [4.69, 9.17) is 0 Å². The summed E-state index contributed by atoms with van der Waals surface area (Å²) in [5, 5.41) is 0. The lowest BCUT2D eigenvalue weighted by Crippen LogP contribution is -2.52. The van der Waals surface area contributed by atoms with Gasteiger partial charge >= 0.3 is 6.18 Å². The lowest BCUT2D eigenvalue weighted by atomic mass is 10.1. The molecule has 0 radical (unpaired) electrons. The number of piperazine rings is 1. The molecule has 0 spiro atoms. The maximum atomic E-state index is 13.0. The van der Waals surface area contributed by atoms with E-state index < -0.39 is 29.6 Å². The van der Waals surface area contributed by atoms with E-state index in [0.717, 1.165) is 22.7 Å². The van der Waals surface area contributed by atoms with Crippen molar-refractivity contribution in [2.24, 2.45) is 0 Å². The zero-order valence-corrected chi connectivity index (χ0v) is 17.4. The Morgan fingerprint density at radius 3 is 2.19 bits per heavy atom. The molecule has 0 bridgehead atoms. The van der Waals surface area contributed by atoms with Crippen molar-refractivity contribution >= 4 is 29.0 Å². The van der Waals surface area contributed by atoms with Crippen molar-refractivity contribution < 1.29 is 27.6 Å². The zero-order chi connectivity index (χ0) is 23.0. The molecule has 2 heterocycles. The largest absolute Gasteiger partial charge is 0.416 e. The van der Waals surface area contributed by atoms with Gasteiger partial charge in [-0.05, 0) is 49.4 Å². The van der Waals surface area contributed by atoms with Gasteiger partial charge in [0, 0.05) is 37.4 Å². The summed E-state index contributed by atoms with van der Waals surface area (Å²) in [6, 6.07) is 10.9. The Hall–Kier alpha value is -3.20. The number of rotatable bonds is 4. The quantitative estimate of drug-likeness (QED) is 0.534. The number of benzene rings is 2. The van der Waals surface area contributed by atoms with Gasteiger partial charge in [-0.2, -0.15) is 13.2 Å². The second-order valence-electron chi connectivity index (χ2n) is 7.96. The van der Waals surface area contributed by atoms with Crippen molar-refractivity contribution in [1.82, 2.24) is 4.90 Å². The average molecular weight is 445 g/mol. The van der Waals surface area contributed by atoms with Gasteiger partial charge in [-0.1, -0.05) is 6.07 Å². The summed E-state index contributed by atoms with van der Waals surface area (Å²) in [5.74, 6) is -0.994. The summed E-state index contributed by atoms with van der Waals surface area (Å²) >= 11 is 0. The summed E-state index contributed by atoms with van der Waals surface area (Å²) < 4.78 is 39.1. The van der Waals surface area contributed by atoms with E-state index in [1.807, 2.05) is 17.0 Å². The number of ketones is 1. The second-order valence-corrected chi connectivity index (χ2v) is 7.96. The molecule has 9 heteroatoms. The summed E-state index contributed by atoms with van der Waals surface area (Å²) in [5.41, 5.74) is 0.649. The number of alkyl halides is 3. The maximum Gasteiger partial charge on any atom is 0.416 e. The van der Waals surface area contributed by atoms with Gasteiger partial charge in [0.15, 0.2) is 5.78 Å². The van der Waals surface area contributed by atoms with Crippen LogP contribution in [0.15, 0.2) is 48.5 Å². The highest BCUT2D eigenvalue weighted by atomic mass is 19.4. The molecular formula is C23H22F3N3O3. The van der Waals surface area contributed by atoms with Crippen molar-refractivity contribution in [3.05, 3.63) is 59.7 Å². The normalized spacial score (nSPS) is 20.2. The summed E-state index contributed by atoms with van der Waals surface area (Å²) in [6.07, 6.45) is -4.61. The SMILES string of the molecule is CC(=O)c1ccc(N2CCN([C@H]3CC(=O)N(c4cccc(C(F)(F)F)c4)C3=O)CC2)cc1. The fourth-order valence-electron chi connectivity index (χ4n) is 4.19. The van der Waals surface area contributed by atoms with Crippen LogP contribution in [0.25, 0.3) is 0 Å². The van der Waals surface area contributed by atoms with Gasteiger partial charge in [-0.15, -0.1) is 0 Å². The van der Waals surface area contributed by atoms with Gasteiger partial charge in [0.05, 0.1) is 23.7 Å². The van der Waals surface area contributed by atoms with Crippen LogP contribution in [-0.4, -0.2) is 54.7 Å². The van der Waals surface area contributed by atoms with Crippen molar-refractivity contribution in [3.8, 4) is 0 Å². The number of hydrogen-bond donors (Lipinski definition) is 0. The third-order valence-corrected chi connectivity index (χ3v) is 5.95. The summed E-state index contributed by atoms with van der Waals surface area (Å²) in [4.78, 5) is 41.8. The van der Waals surface area contributed by atoms with Crippen LogP contribution < -0.4 is 9.80 Å². The maximum absolute atomic E-state index is 13.0. The van der Waals surface area contributed by atoms with Crippen LogP contribution in [0, 0.1) is 0 Å². The zero-order valence-electron chi connectivity index (χ0n) is 17.4. The Morgan fingerprint density at radius 2 is 1.59 bits per heavy atom. The first-order valence-electron chi connectivity index (χ1n) is 10.3. The van der Waals surface area contributed by atoms with Crippen LogP contribution >= 0.6 is 0 Å². The number of carbonyl (C=O) groups is 3. The molecule has 2 aromatic carbocycles. The lowest BCUT2D eigenvalue weighted by Gasteiger charge is -2.38. The number of anilines is 2. The Morgan fingerprint density at radius 1 is 0.938 bits per heavy atom. The fourth-order valence-corrected chi connectivity index (χ4v) is 4.19. The van der Waals surface area contributed by atoms with Crippen LogP contribution in [-0.2, 0) is 15.8 Å². The molecule has 0 N–H and O–H groups in total. The van der Waals surface area contributed by atoms with E-state index in [2.05, 4.69) is 4.90 Å². The predicted molar refractivity (Wildman–Crippen MR) is 113 cm³/mol. The van der Waals surface area contributed by atoms with Gasteiger partial charge in [-0.25, -0.2) is 4.90 Å². The topological polar surface area (TPSA) is 60.9 Å². The number of imide groups is 1. The van der Waals surface area contributed by atoms with Crippen molar-refractivity contribution in [2.45, 2.75) is 25.6 Å².